The number of nitrogens with one attached hydrogen (secondary N) is 2. The molecule has 0 unspecified atom stereocenters. The Morgan fingerprint density at radius 3 is 1.96 bits per heavy atom. The summed E-state index contributed by atoms with van der Waals surface area (Å²) in [5.74, 6) is -0.740. The topological polar surface area (TPSA) is 41.1 Å². The maximum Gasteiger partial charge on any atom is 0.417 e. The number of benzene rings is 2. The predicted octanol–water partition coefficient (Wildman–Crippen LogP) is 5.80. The fourth-order valence-corrected chi connectivity index (χ4v) is 2.03. The first-order valence-electron chi connectivity index (χ1n) is 6.06. The summed E-state index contributed by atoms with van der Waals surface area (Å²) in [6, 6.07) is 5.63. The van der Waals surface area contributed by atoms with Gasteiger partial charge in [0.05, 0.1) is 15.6 Å². The average molecular weight is 367 g/mol. The Morgan fingerprint density at radius 1 is 0.913 bits per heavy atom. The van der Waals surface area contributed by atoms with Crippen LogP contribution < -0.4 is 10.6 Å². The van der Waals surface area contributed by atoms with Crippen LogP contribution in [0.1, 0.15) is 5.56 Å². The van der Waals surface area contributed by atoms with Crippen molar-refractivity contribution in [3.8, 4) is 0 Å². The van der Waals surface area contributed by atoms with Crippen LogP contribution in [-0.2, 0) is 6.18 Å². The predicted molar refractivity (Wildman–Crippen MR) is 80.5 cm³/mol. The van der Waals surface area contributed by atoms with Crippen LogP contribution in [0.2, 0.25) is 10.0 Å². The lowest BCUT2D eigenvalue weighted by atomic mass is 10.2. The number of hydrogen-bond acceptors (Lipinski definition) is 1. The maximum absolute atomic E-state index is 13.2. The molecule has 9 heteroatoms. The van der Waals surface area contributed by atoms with Crippen LogP contribution in [0.25, 0.3) is 0 Å². The number of alkyl halides is 3. The van der Waals surface area contributed by atoms with E-state index in [1.54, 1.807) is 0 Å². The molecule has 2 aromatic carbocycles. The van der Waals surface area contributed by atoms with Gasteiger partial charge in [-0.25, -0.2) is 9.18 Å². The fraction of sp³-hybridized carbons (Fsp3) is 0.0714. The quantitative estimate of drug-likeness (QED) is 0.648. The van der Waals surface area contributed by atoms with Crippen molar-refractivity contribution in [2.24, 2.45) is 0 Å². The number of carbonyl (C=O) groups excluding carboxylic acids is 1. The summed E-state index contributed by atoms with van der Waals surface area (Å²) >= 11 is 11.0. The van der Waals surface area contributed by atoms with Gasteiger partial charge in [-0.3, -0.25) is 0 Å². The monoisotopic (exact) mass is 366 g/mol. The van der Waals surface area contributed by atoms with E-state index in [1.807, 2.05) is 0 Å². The molecule has 0 fully saturated rings. The van der Waals surface area contributed by atoms with Gasteiger partial charge in [0.2, 0.25) is 0 Å². The van der Waals surface area contributed by atoms with Gasteiger partial charge in [0.25, 0.3) is 0 Å². The van der Waals surface area contributed by atoms with Crippen LogP contribution in [0, 0.1) is 5.82 Å². The first-order valence-corrected chi connectivity index (χ1v) is 6.82. The van der Waals surface area contributed by atoms with Crippen molar-refractivity contribution < 1.29 is 22.4 Å². The lowest BCUT2D eigenvalue weighted by Crippen LogP contribution is -2.20. The van der Waals surface area contributed by atoms with Gasteiger partial charge in [-0.2, -0.15) is 13.2 Å². The van der Waals surface area contributed by atoms with E-state index in [4.69, 9.17) is 23.2 Å². The molecule has 0 heterocycles. The highest BCUT2D eigenvalue weighted by Crippen LogP contribution is 2.36. The number of amides is 2. The smallest absolute Gasteiger partial charge is 0.308 e. The van der Waals surface area contributed by atoms with Crippen molar-refractivity contribution in [3.63, 3.8) is 0 Å². The summed E-state index contributed by atoms with van der Waals surface area (Å²) in [4.78, 5) is 11.7. The summed E-state index contributed by atoms with van der Waals surface area (Å²) in [7, 11) is 0. The zero-order valence-corrected chi connectivity index (χ0v) is 12.7. The molecule has 0 saturated heterocycles. The third-order valence-electron chi connectivity index (χ3n) is 2.71. The van der Waals surface area contributed by atoms with Gasteiger partial charge in [-0.15, -0.1) is 0 Å². The molecule has 2 rings (SSSR count). The molecule has 0 atom stereocenters. The van der Waals surface area contributed by atoms with Crippen LogP contribution in [0.3, 0.4) is 0 Å². The normalized spacial score (nSPS) is 11.2. The van der Waals surface area contributed by atoms with Gasteiger partial charge in [-0.1, -0.05) is 23.2 Å². The molecule has 3 nitrogen and oxygen atoms in total. The minimum Gasteiger partial charge on any atom is -0.308 e. The number of anilines is 2. The highest BCUT2D eigenvalue weighted by Gasteiger charge is 2.33. The van der Waals surface area contributed by atoms with Crippen molar-refractivity contribution in [2.45, 2.75) is 6.18 Å². The first-order chi connectivity index (χ1) is 10.7. The summed E-state index contributed by atoms with van der Waals surface area (Å²) in [5, 5.41) is 3.86. The zero-order chi connectivity index (χ0) is 17.2. The Hall–Kier alpha value is -1.99. The minimum absolute atomic E-state index is 0.0920. The van der Waals surface area contributed by atoms with Crippen molar-refractivity contribution in [2.75, 3.05) is 10.6 Å². The third kappa shape index (κ3) is 4.49. The van der Waals surface area contributed by atoms with Gasteiger partial charge in [0.15, 0.2) is 0 Å². The van der Waals surface area contributed by atoms with E-state index in [2.05, 4.69) is 10.6 Å². The molecule has 2 N–H and O–H groups in total. The van der Waals surface area contributed by atoms with Crippen molar-refractivity contribution in [3.05, 3.63) is 57.8 Å². The van der Waals surface area contributed by atoms with E-state index in [0.717, 1.165) is 12.1 Å². The standard InChI is InChI=1S/C14H8Cl2F4N2O/c15-10-3-1-7(5-9(10)14(18,19)20)21-13(23)22-8-2-4-11(16)12(17)6-8/h1-6H,(H2,21,22,23). The van der Waals surface area contributed by atoms with E-state index in [1.165, 1.54) is 18.2 Å². The number of urea groups is 1. The second kappa shape index (κ2) is 6.64. The van der Waals surface area contributed by atoms with E-state index >= 15 is 0 Å². The largest absolute Gasteiger partial charge is 0.417 e. The minimum atomic E-state index is -4.65. The second-order valence-corrected chi connectivity index (χ2v) is 5.21. The highest BCUT2D eigenvalue weighted by molar-refractivity contribution is 6.31. The summed E-state index contributed by atoms with van der Waals surface area (Å²) in [6.45, 7) is 0. The third-order valence-corrected chi connectivity index (χ3v) is 3.34. The number of carbonyl (C=O) groups is 1. The van der Waals surface area contributed by atoms with E-state index in [-0.39, 0.29) is 16.4 Å². The second-order valence-electron chi connectivity index (χ2n) is 4.40. The molecule has 0 aliphatic carbocycles. The van der Waals surface area contributed by atoms with Crippen molar-refractivity contribution >= 4 is 40.6 Å². The molecule has 0 aliphatic heterocycles. The van der Waals surface area contributed by atoms with E-state index in [9.17, 15) is 22.4 Å². The Kier molecular flexibility index (Phi) is 5.01. The molecule has 0 aliphatic rings. The van der Waals surface area contributed by atoms with Crippen molar-refractivity contribution in [1.29, 1.82) is 0 Å². The van der Waals surface area contributed by atoms with Crippen LogP contribution in [0.4, 0.5) is 33.7 Å². The van der Waals surface area contributed by atoms with Gasteiger partial charge in [0.1, 0.15) is 5.82 Å². The lowest BCUT2D eigenvalue weighted by Gasteiger charge is -2.12. The molecular formula is C14H8Cl2F4N2O. The molecule has 2 amide bonds. The number of rotatable bonds is 2. The molecule has 0 radical (unpaired) electrons. The lowest BCUT2D eigenvalue weighted by molar-refractivity contribution is -0.137. The van der Waals surface area contributed by atoms with Gasteiger partial charge < -0.3 is 10.6 Å². The van der Waals surface area contributed by atoms with Crippen LogP contribution in [-0.4, -0.2) is 6.03 Å². The number of hydrogen-bond donors (Lipinski definition) is 2. The first kappa shape index (κ1) is 17.4. The molecule has 23 heavy (non-hydrogen) atoms. The molecule has 122 valence electrons. The maximum atomic E-state index is 13.2. The highest BCUT2D eigenvalue weighted by atomic mass is 35.5. The fourth-order valence-electron chi connectivity index (χ4n) is 1.69. The Balaban J connectivity index is 2.12. The zero-order valence-electron chi connectivity index (χ0n) is 11.1. The van der Waals surface area contributed by atoms with Gasteiger partial charge in [0, 0.05) is 11.4 Å². The molecule has 0 bridgehead atoms. The summed E-state index contributed by atoms with van der Waals surface area (Å²) in [5.41, 5.74) is -1.10. The van der Waals surface area contributed by atoms with Crippen LogP contribution in [0.15, 0.2) is 36.4 Å². The van der Waals surface area contributed by atoms with Crippen LogP contribution in [0.5, 0.6) is 0 Å². The summed E-state index contributed by atoms with van der Waals surface area (Å²) in [6.07, 6.45) is -4.65. The Morgan fingerprint density at radius 2 is 1.43 bits per heavy atom. The molecule has 2 aromatic rings. The molecule has 0 aromatic heterocycles. The summed E-state index contributed by atoms with van der Waals surface area (Å²) < 4.78 is 51.4. The van der Waals surface area contributed by atoms with E-state index < -0.39 is 28.6 Å². The SMILES string of the molecule is O=C(Nc1ccc(Cl)c(F)c1)Nc1ccc(Cl)c(C(F)(F)F)c1. The number of halogens is 6. The Labute approximate surface area is 138 Å². The molecule has 0 spiro atoms. The van der Waals surface area contributed by atoms with Gasteiger partial charge >= 0.3 is 12.2 Å². The van der Waals surface area contributed by atoms with Crippen LogP contribution >= 0.6 is 23.2 Å². The molecule has 0 saturated carbocycles. The van der Waals surface area contributed by atoms with Crippen molar-refractivity contribution in [1.82, 2.24) is 0 Å². The molecular weight excluding hydrogens is 359 g/mol. The van der Waals surface area contributed by atoms with Gasteiger partial charge in [-0.05, 0) is 36.4 Å². The Bertz CT molecular complexity index is 750. The average Bonchev–Trinajstić information content (AvgIpc) is 2.44. The van der Waals surface area contributed by atoms with E-state index in [0.29, 0.717) is 6.07 Å².